The maximum Gasteiger partial charge on any atom is 0.340 e. The van der Waals surface area contributed by atoms with Crippen LogP contribution in [0.5, 0.6) is 5.75 Å². The molecule has 0 radical (unpaired) electrons. The smallest absolute Gasteiger partial charge is 0.340 e. The number of ether oxygens (including phenoxy) is 2. The Hall–Kier alpha value is -4.13. The van der Waals surface area contributed by atoms with E-state index in [4.69, 9.17) is 9.47 Å². The minimum atomic E-state index is -0.708. The van der Waals surface area contributed by atoms with Crippen molar-refractivity contribution >= 4 is 29.2 Å². The van der Waals surface area contributed by atoms with Gasteiger partial charge in [0.15, 0.2) is 6.61 Å². The van der Waals surface area contributed by atoms with Gasteiger partial charge in [0.05, 0.1) is 18.4 Å². The zero-order chi connectivity index (χ0) is 22.2. The van der Waals surface area contributed by atoms with E-state index in [0.717, 1.165) is 0 Å². The Kier molecular flexibility index (Phi) is 7.01. The number of rotatable bonds is 7. The molecule has 0 aliphatic carbocycles. The van der Waals surface area contributed by atoms with Gasteiger partial charge in [-0.1, -0.05) is 30.3 Å². The van der Waals surface area contributed by atoms with Gasteiger partial charge >= 0.3 is 5.97 Å². The van der Waals surface area contributed by atoms with Crippen LogP contribution >= 0.6 is 0 Å². The molecule has 0 aliphatic rings. The minimum absolute atomic E-state index is 0.152. The fraction of sp³-hybridized carbons (Fsp3) is 0.125. The molecule has 0 saturated carbocycles. The normalized spacial score (nSPS) is 10.1. The first kappa shape index (κ1) is 21.6. The second kappa shape index (κ2) is 10.1. The van der Waals surface area contributed by atoms with Gasteiger partial charge in [0.1, 0.15) is 5.75 Å². The molecule has 7 heteroatoms. The molecule has 0 bridgehead atoms. The number of hydrogen-bond acceptors (Lipinski definition) is 5. The molecule has 0 fully saturated rings. The van der Waals surface area contributed by atoms with Crippen LogP contribution in [0, 0.1) is 0 Å². The maximum absolute atomic E-state index is 12.6. The molecule has 7 nitrogen and oxygen atoms in total. The van der Waals surface area contributed by atoms with Crippen molar-refractivity contribution in [3.63, 3.8) is 0 Å². The van der Waals surface area contributed by atoms with Crippen molar-refractivity contribution in [2.75, 3.05) is 31.0 Å². The second-order valence-electron chi connectivity index (χ2n) is 6.59. The number of amides is 2. The lowest BCUT2D eigenvalue weighted by atomic mass is 10.1. The van der Waals surface area contributed by atoms with E-state index in [1.165, 1.54) is 11.0 Å². The van der Waals surface area contributed by atoms with Crippen molar-refractivity contribution < 1.29 is 23.9 Å². The number of methoxy groups -OCH3 is 1. The second-order valence-corrected chi connectivity index (χ2v) is 6.59. The predicted molar refractivity (Wildman–Crippen MR) is 118 cm³/mol. The summed E-state index contributed by atoms with van der Waals surface area (Å²) in [5, 5.41) is 2.71. The third-order valence-corrected chi connectivity index (χ3v) is 4.59. The van der Waals surface area contributed by atoms with Crippen molar-refractivity contribution in [3.05, 3.63) is 90.0 Å². The number of nitrogens with one attached hydrogen (secondary N) is 1. The molecule has 0 spiro atoms. The van der Waals surface area contributed by atoms with Crippen molar-refractivity contribution in [1.29, 1.82) is 0 Å². The summed E-state index contributed by atoms with van der Waals surface area (Å²) in [4.78, 5) is 38.9. The van der Waals surface area contributed by atoms with Crippen LogP contribution in [-0.4, -0.2) is 38.5 Å². The number of carbonyl (C=O) groups is 3. The Morgan fingerprint density at radius 2 is 1.52 bits per heavy atom. The van der Waals surface area contributed by atoms with Gasteiger partial charge in [-0.3, -0.25) is 9.59 Å². The Morgan fingerprint density at radius 3 is 2.19 bits per heavy atom. The number of nitrogens with zero attached hydrogens (tertiary/aromatic N) is 1. The summed E-state index contributed by atoms with van der Waals surface area (Å²) in [5.41, 5.74) is 1.54. The van der Waals surface area contributed by atoms with Crippen molar-refractivity contribution in [3.8, 4) is 5.75 Å². The zero-order valence-corrected chi connectivity index (χ0v) is 17.2. The van der Waals surface area contributed by atoms with Crippen LogP contribution in [-0.2, 0) is 9.53 Å². The van der Waals surface area contributed by atoms with Crippen LogP contribution in [0.25, 0.3) is 0 Å². The van der Waals surface area contributed by atoms with Gasteiger partial charge in [-0.05, 0) is 48.5 Å². The van der Waals surface area contributed by atoms with Gasteiger partial charge in [0.25, 0.3) is 11.8 Å². The monoisotopic (exact) mass is 418 g/mol. The highest BCUT2D eigenvalue weighted by Crippen LogP contribution is 2.19. The number of anilines is 2. The Bertz CT molecular complexity index is 1060. The molecule has 3 rings (SSSR count). The Labute approximate surface area is 180 Å². The van der Waals surface area contributed by atoms with Gasteiger partial charge in [0.2, 0.25) is 0 Å². The molecule has 31 heavy (non-hydrogen) atoms. The van der Waals surface area contributed by atoms with Gasteiger partial charge < -0.3 is 19.7 Å². The van der Waals surface area contributed by atoms with E-state index in [9.17, 15) is 14.4 Å². The fourth-order valence-electron chi connectivity index (χ4n) is 2.80. The fourth-order valence-corrected chi connectivity index (χ4v) is 2.80. The summed E-state index contributed by atoms with van der Waals surface area (Å²) in [6.45, 7) is -0.426. The first-order chi connectivity index (χ1) is 15.0. The standard InChI is InChI=1S/C24H22N2O5/c1-26(18-8-4-3-5-9-18)22(27)16-31-24(29)20-10-6-7-11-21(20)25-23(28)17-12-14-19(30-2)15-13-17/h3-15H,16H2,1-2H3,(H,25,28). The van der Waals surface area contributed by atoms with E-state index in [-0.39, 0.29) is 23.1 Å². The first-order valence-electron chi connectivity index (χ1n) is 9.52. The number of likely N-dealkylation sites (N-methyl/N-ethyl adjacent to an activating group) is 1. The number of carbonyl (C=O) groups excluding carboxylic acids is 3. The summed E-state index contributed by atoms with van der Waals surface area (Å²) in [6, 6.07) is 22.1. The van der Waals surface area contributed by atoms with Gasteiger partial charge in [-0.2, -0.15) is 0 Å². The van der Waals surface area contributed by atoms with Crippen molar-refractivity contribution in [2.24, 2.45) is 0 Å². The van der Waals surface area contributed by atoms with Crippen LogP contribution in [0.1, 0.15) is 20.7 Å². The minimum Gasteiger partial charge on any atom is -0.497 e. The number of benzene rings is 3. The molecule has 0 unspecified atom stereocenters. The topological polar surface area (TPSA) is 84.9 Å². The van der Waals surface area contributed by atoms with Crippen LogP contribution in [0.15, 0.2) is 78.9 Å². The zero-order valence-electron chi connectivity index (χ0n) is 17.2. The molecule has 2 amide bonds. The Balaban J connectivity index is 1.65. The van der Waals surface area contributed by atoms with E-state index in [0.29, 0.717) is 17.0 Å². The van der Waals surface area contributed by atoms with Crippen LogP contribution in [0.2, 0.25) is 0 Å². The maximum atomic E-state index is 12.6. The predicted octanol–water partition coefficient (Wildman–Crippen LogP) is 3.77. The summed E-state index contributed by atoms with van der Waals surface area (Å²) in [6.07, 6.45) is 0. The van der Waals surface area contributed by atoms with Gasteiger partial charge in [-0.25, -0.2) is 4.79 Å². The molecule has 0 heterocycles. The van der Waals surface area contributed by atoms with Crippen molar-refractivity contribution in [2.45, 2.75) is 0 Å². The van der Waals surface area contributed by atoms with E-state index >= 15 is 0 Å². The highest BCUT2D eigenvalue weighted by atomic mass is 16.5. The van der Waals surface area contributed by atoms with E-state index in [1.807, 2.05) is 18.2 Å². The molecule has 0 saturated heterocycles. The third-order valence-electron chi connectivity index (χ3n) is 4.59. The van der Waals surface area contributed by atoms with Crippen molar-refractivity contribution in [1.82, 2.24) is 0 Å². The summed E-state index contributed by atoms with van der Waals surface area (Å²) in [7, 11) is 3.15. The highest BCUT2D eigenvalue weighted by Gasteiger charge is 2.18. The SMILES string of the molecule is COc1ccc(C(=O)Nc2ccccc2C(=O)OCC(=O)N(C)c2ccccc2)cc1. The van der Waals surface area contributed by atoms with Crippen LogP contribution in [0.4, 0.5) is 11.4 Å². The van der Waals surface area contributed by atoms with E-state index in [1.54, 1.807) is 68.8 Å². The number of hydrogen-bond donors (Lipinski definition) is 1. The lowest BCUT2D eigenvalue weighted by Crippen LogP contribution is -2.31. The highest BCUT2D eigenvalue weighted by molar-refractivity contribution is 6.08. The lowest BCUT2D eigenvalue weighted by Gasteiger charge is -2.17. The Morgan fingerprint density at radius 1 is 0.871 bits per heavy atom. The molecule has 3 aromatic rings. The lowest BCUT2D eigenvalue weighted by molar-refractivity contribution is -0.121. The molecule has 158 valence electrons. The molecular weight excluding hydrogens is 396 g/mol. The summed E-state index contributed by atoms with van der Waals surface area (Å²) in [5.74, 6) is -0.840. The number of para-hydroxylation sites is 2. The average Bonchev–Trinajstić information content (AvgIpc) is 2.82. The summed E-state index contributed by atoms with van der Waals surface area (Å²) < 4.78 is 10.3. The first-order valence-corrected chi connectivity index (χ1v) is 9.52. The number of esters is 1. The molecular formula is C24H22N2O5. The van der Waals surface area contributed by atoms with E-state index in [2.05, 4.69) is 5.32 Å². The largest absolute Gasteiger partial charge is 0.497 e. The van der Waals surface area contributed by atoms with E-state index < -0.39 is 12.6 Å². The van der Waals surface area contributed by atoms with Crippen LogP contribution < -0.4 is 15.0 Å². The average molecular weight is 418 g/mol. The van der Waals surface area contributed by atoms with Gasteiger partial charge in [-0.15, -0.1) is 0 Å². The third kappa shape index (κ3) is 5.48. The molecule has 0 aromatic heterocycles. The van der Waals surface area contributed by atoms with Gasteiger partial charge in [0, 0.05) is 18.3 Å². The molecule has 1 N–H and O–H groups in total. The molecule has 3 aromatic carbocycles. The molecule has 0 aliphatic heterocycles. The summed E-state index contributed by atoms with van der Waals surface area (Å²) >= 11 is 0. The quantitative estimate of drug-likeness (QED) is 0.591. The van der Waals surface area contributed by atoms with Crippen LogP contribution in [0.3, 0.4) is 0 Å². The molecule has 0 atom stereocenters.